The zero-order valence-electron chi connectivity index (χ0n) is 15.3. The number of carbonyl (C=O) groups is 2. The smallest absolute Gasteiger partial charge is 0.337 e. The number of aryl methyl sites for hydroxylation is 1. The fourth-order valence-electron chi connectivity index (χ4n) is 2.25. The van der Waals surface area contributed by atoms with E-state index in [9.17, 15) is 9.59 Å². The van der Waals surface area contributed by atoms with Gasteiger partial charge in [0.25, 0.3) is 5.91 Å². The van der Waals surface area contributed by atoms with Gasteiger partial charge in [-0.15, -0.1) is 0 Å². The maximum absolute atomic E-state index is 12.5. The minimum atomic E-state index is -0.800. The van der Waals surface area contributed by atoms with Crippen molar-refractivity contribution >= 4 is 45.1 Å². The molecule has 0 saturated carbocycles. The molecule has 6 nitrogen and oxygen atoms in total. The standard InChI is InChI=1S/C19H19BrClNO5/c1-10-7-15(17(25-3)9-14(10)21)22-18(23)11(2)27-16-6-5-12(8-13(16)20)19(24)26-4/h5-9,11H,1-4H3,(H,22,23). The molecule has 0 aliphatic heterocycles. The van der Waals surface area contributed by atoms with E-state index in [2.05, 4.69) is 26.0 Å². The van der Waals surface area contributed by atoms with Crippen molar-refractivity contribution < 1.29 is 23.8 Å². The molecular formula is C19H19BrClNO5. The van der Waals surface area contributed by atoms with Crippen LogP contribution in [-0.4, -0.2) is 32.2 Å². The highest BCUT2D eigenvalue weighted by Crippen LogP contribution is 2.31. The monoisotopic (exact) mass is 455 g/mol. The van der Waals surface area contributed by atoms with Crippen LogP contribution in [-0.2, 0) is 9.53 Å². The SMILES string of the molecule is COC(=O)c1ccc(OC(C)C(=O)Nc2cc(C)c(Cl)cc2OC)c(Br)c1. The Hall–Kier alpha value is -2.25. The zero-order chi connectivity index (χ0) is 20.1. The Morgan fingerprint density at radius 1 is 1.15 bits per heavy atom. The van der Waals surface area contributed by atoms with Crippen LogP contribution in [0.5, 0.6) is 11.5 Å². The van der Waals surface area contributed by atoms with Crippen molar-refractivity contribution in [3.05, 3.63) is 51.0 Å². The molecular weight excluding hydrogens is 438 g/mol. The van der Waals surface area contributed by atoms with E-state index in [-0.39, 0.29) is 5.91 Å². The zero-order valence-corrected chi connectivity index (χ0v) is 17.6. The molecule has 1 amide bonds. The first kappa shape index (κ1) is 21.1. The maximum Gasteiger partial charge on any atom is 0.337 e. The van der Waals surface area contributed by atoms with Gasteiger partial charge in [-0.2, -0.15) is 0 Å². The Morgan fingerprint density at radius 3 is 2.44 bits per heavy atom. The summed E-state index contributed by atoms with van der Waals surface area (Å²) in [6, 6.07) is 8.08. The van der Waals surface area contributed by atoms with Crippen LogP contribution >= 0.6 is 27.5 Å². The van der Waals surface area contributed by atoms with Gasteiger partial charge in [0.15, 0.2) is 6.10 Å². The second-order valence-corrected chi connectivity index (χ2v) is 6.95. The van der Waals surface area contributed by atoms with Crippen LogP contribution in [0.1, 0.15) is 22.8 Å². The molecule has 0 aliphatic carbocycles. The van der Waals surface area contributed by atoms with Crippen LogP contribution in [0.25, 0.3) is 0 Å². The van der Waals surface area contributed by atoms with Crippen LogP contribution in [0.2, 0.25) is 5.02 Å². The number of benzene rings is 2. The van der Waals surface area contributed by atoms with E-state index in [4.69, 9.17) is 21.1 Å². The fourth-order valence-corrected chi connectivity index (χ4v) is 2.88. The summed E-state index contributed by atoms with van der Waals surface area (Å²) in [6.07, 6.45) is -0.800. The number of halogens is 2. The number of hydrogen-bond donors (Lipinski definition) is 1. The molecule has 2 rings (SSSR count). The van der Waals surface area contributed by atoms with Gasteiger partial charge >= 0.3 is 5.97 Å². The summed E-state index contributed by atoms with van der Waals surface area (Å²) in [5, 5.41) is 3.32. The number of ether oxygens (including phenoxy) is 3. The third-order valence-electron chi connectivity index (χ3n) is 3.76. The lowest BCUT2D eigenvalue weighted by atomic mass is 10.2. The van der Waals surface area contributed by atoms with Gasteiger partial charge in [-0.05, 0) is 59.6 Å². The van der Waals surface area contributed by atoms with E-state index in [1.165, 1.54) is 14.2 Å². The lowest BCUT2D eigenvalue weighted by Crippen LogP contribution is -2.30. The molecule has 0 radical (unpaired) electrons. The van der Waals surface area contributed by atoms with E-state index < -0.39 is 12.1 Å². The summed E-state index contributed by atoms with van der Waals surface area (Å²) < 4.78 is 16.2. The molecule has 1 N–H and O–H groups in total. The molecule has 2 aromatic rings. The first-order chi connectivity index (χ1) is 12.8. The summed E-state index contributed by atoms with van der Waals surface area (Å²) in [5.41, 5.74) is 1.68. The van der Waals surface area contributed by atoms with Gasteiger partial charge in [-0.1, -0.05) is 11.6 Å². The normalized spacial score (nSPS) is 11.5. The summed E-state index contributed by atoms with van der Waals surface area (Å²) in [4.78, 5) is 24.1. The van der Waals surface area contributed by atoms with Crippen molar-refractivity contribution in [1.29, 1.82) is 0 Å². The summed E-state index contributed by atoms with van der Waals surface area (Å²) in [7, 11) is 2.80. The molecule has 1 unspecified atom stereocenters. The highest BCUT2D eigenvalue weighted by atomic mass is 79.9. The van der Waals surface area contributed by atoms with Crippen molar-refractivity contribution in [3.8, 4) is 11.5 Å². The lowest BCUT2D eigenvalue weighted by Gasteiger charge is -2.18. The summed E-state index contributed by atoms with van der Waals surface area (Å²) >= 11 is 9.41. The number of rotatable bonds is 6. The maximum atomic E-state index is 12.5. The quantitative estimate of drug-likeness (QED) is 0.643. The third-order valence-corrected chi connectivity index (χ3v) is 4.79. The highest BCUT2D eigenvalue weighted by Gasteiger charge is 2.19. The number of methoxy groups -OCH3 is 2. The Kier molecular flexibility index (Phi) is 7.10. The van der Waals surface area contributed by atoms with Crippen LogP contribution in [0, 0.1) is 6.92 Å². The van der Waals surface area contributed by atoms with Gasteiger partial charge in [0.1, 0.15) is 11.5 Å². The second kappa shape index (κ2) is 9.10. The average molecular weight is 457 g/mol. The summed E-state index contributed by atoms with van der Waals surface area (Å²) in [6.45, 7) is 3.45. The predicted molar refractivity (Wildman–Crippen MR) is 107 cm³/mol. The molecule has 0 heterocycles. The van der Waals surface area contributed by atoms with Gasteiger partial charge in [0, 0.05) is 11.1 Å². The molecule has 1 atom stereocenters. The molecule has 0 bridgehead atoms. The fraction of sp³-hybridized carbons (Fsp3) is 0.263. The van der Waals surface area contributed by atoms with E-state index in [1.54, 1.807) is 37.3 Å². The number of amides is 1. The Labute approximate surface area is 170 Å². The van der Waals surface area contributed by atoms with Gasteiger partial charge in [0.2, 0.25) is 0 Å². The molecule has 144 valence electrons. The van der Waals surface area contributed by atoms with Crippen molar-refractivity contribution in [2.24, 2.45) is 0 Å². The van der Waals surface area contributed by atoms with Crippen LogP contribution < -0.4 is 14.8 Å². The average Bonchev–Trinajstić information content (AvgIpc) is 2.65. The number of nitrogens with one attached hydrogen (secondary N) is 1. The minimum Gasteiger partial charge on any atom is -0.495 e. The van der Waals surface area contributed by atoms with Crippen LogP contribution in [0.3, 0.4) is 0 Å². The largest absolute Gasteiger partial charge is 0.495 e. The number of esters is 1. The molecule has 0 fully saturated rings. The molecule has 0 aliphatic rings. The van der Waals surface area contributed by atoms with E-state index in [0.717, 1.165) is 5.56 Å². The van der Waals surface area contributed by atoms with Crippen molar-refractivity contribution in [2.45, 2.75) is 20.0 Å². The van der Waals surface area contributed by atoms with Gasteiger partial charge in [-0.25, -0.2) is 4.79 Å². The molecule has 0 saturated heterocycles. The molecule has 0 spiro atoms. The minimum absolute atomic E-state index is 0.362. The lowest BCUT2D eigenvalue weighted by molar-refractivity contribution is -0.122. The third kappa shape index (κ3) is 5.14. The first-order valence-corrected chi connectivity index (χ1v) is 9.13. The number of carbonyl (C=O) groups excluding carboxylic acids is 2. The van der Waals surface area contributed by atoms with Crippen LogP contribution in [0.4, 0.5) is 5.69 Å². The van der Waals surface area contributed by atoms with Gasteiger partial charge < -0.3 is 19.5 Å². The second-order valence-electron chi connectivity index (χ2n) is 5.69. The van der Waals surface area contributed by atoms with Crippen LogP contribution in [0.15, 0.2) is 34.8 Å². The van der Waals surface area contributed by atoms with Gasteiger partial charge in [-0.3, -0.25) is 4.79 Å². The van der Waals surface area contributed by atoms with Gasteiger partial charge in [0.05, 0.1) is 29.9 Å². The molecule has 0 aromatic heterocycles. The number of hydrogen-bond acceptors (Lipinski definition) is 5. The van der Waals surface area contributed by atoms with E-state index in [0.29, 0.717) is 32.2 Å². The number of anilines is 1. The predicted octanol–water partition coefficient (Wildman–Crippen LogP) is 4.61. The van der Waals surface area contributed by atoms with E-state index in [1.807, 2.05) is 6.92 Å². The Bertz CT molecular complexity index is 871. The topological polar surface area (TPSA) is 73.9 Å². The van der Waals surface area contributed by atoms with Crippen molar-refractivity contribution in [2.75, 3.05) is 19.5 Å². The Balaban J connectivity index is 2.13. The van der Waals surface area contributed by atoms with Crippen molar-refractivity contribution in [3.63, 3.8) is 0 Å². The summed E-state index contributed by atoms with van der Waals surface area (Å²) in [5.74, 6) is 0.0523. The first-order valence-electron chi connectivity index (χ1n) is 7.96. The molecule has 27 heavy (non-hydrogen) atoms. The molecule has 8 heteroatoms. The van der Waals surface area contributed by atoms with E-state index >= 15 is 0 Å². The molecule has 2 aromatic carbocycles. The highest BCUT2D eigenvalue weighted by molar-refractivity contribution is 9.10. The Morgan fingerprint density at radius 2 is 1.85 bits per heavy atom. The van der Waals surface area contributed by atoms with Crippen molar-refractivity contribution in [1.82, 2.24) is 0 Å².